The van der Waals surface area contributed by atoms with Crippen LogP contribution in [0.3, 0.4) is 0 Å². The standard InChI is InChI=1S/C16H11BrO2/c1-10-6-8-11(9-7-10)16-14(17)15(18)12-4-2-3-5-13(12)19-16/h2-9H,1H3. The highest BCUT2D eigenvalue weighted by Gasteiger charge is 2.13. The van der Waals surface area contributed by atoms with Crippen molar-refractivity contribution in [2.45, 2.75) is 6.92 Å². The van der Waals surface area contributed by atoms with Gasteiger partial charge in [-0.3, -0.25) is 4.79 Å². The minimum atomic E-state index is -0.0441. The van der Waals surface area contributed by atoms with Gasteiger partial charge >= 0.3 is 0 Å². The van der Waals surface area contributed by atoms with Gasteiger partial charge in [0.2, 0.25) is 5.43 Å². The Labute approximate surface area is 118 Å². The summed E-state index contributed by atoms with van der Waals surface area (Å²) in [6.07, 6.45) is 0. The molecule has 0 saturated carbocycles. The van der Waals surface area contributed by atoms with Crippen molar-refractivity contribution >= 4 is 26.9 Å². The van der Waals surface area contributed by atoms with Crippen LogP contribution < -0.4 is 5.43 Å². The summed E-state index contributed by atoms with van der Waals surface area (Å²) in [6.45, 7) is 2.02. The molecule has 0 bridgehead atoms. The molecule has 0 spiro atoms. The average molecular weight is 315 g/mol. The lowest BCUT2D eigenvalue weighted by atomic mass is 10.1. The van der Waals surface area contributed by atoms with Gasteiger partial charge in [-0.05, 0) is 35.0 Å². The molecule has 0 unspecified atom stereocenters. The van der Waals surface area contributed by atoms with Crippen molar-refractivity contribution in [2.24, 2.45) is 0 Å². The van der Waals surface area contributed by atoms with Crippen molar-refractivity contribution in [3.63, 3.8) is 0 Å². The van der Waals surface area contributed by atoms with E-state index in [1.54, 1.807) is 12.1 Å². The van der Waals surface area contributed by atoms with Crippen LogP contribution in [0.4, 0.5) is 0 Å². The third kappa shape index (κ3) is 2.10. The van der Waals surface area contributed by atoms with Crippen LogP contribution in [-0.4, -0.2) is 0 Å². The molecule has 3 aromatic rings. The largest absolute Gasteiger partial charge is 0.455 e. The molecule has 1 heterocycles. The number of benzene rings is 2. The van der Waals surface area contributed by atoms with Crippen LogP contribution in [0.15, 0.2) is 62.2 Å². The van der Waals surface area contributed by atoms with Crippen LogP contribution in [0.1, 0.15) is 5.56 Å². The first kappa shape index (κ1) is 12.2. The lowest BCUT2D eigenvalue weighted by molar-refractivity contribution is 0.615. The van der Waals surface area contributed by atoms with E-state index in [9.17, 15) is 4.79 Å². The SMILES string of the molecule is Cc1ccc(-c2oc3ccccc3c(=O)c2Br)cc1. The number of rotatable bonds is 1. The van der Waals surface area contributed by atoms with Crippen LogP contribution in [0.5, 0.6) is 0 Å². The van der Waals surface area contributed by atoms with Crippen molar-refractivity contribution in [1.82, 2.24) is 0 Å². The van der Waals surface area contributed by atoms with Gasteiger partial charge in [-0.2, -0.15) is 0 Å². The van der Waals surface area contributed by atoms with Gasteiger partial charge in [0.1, 0.15) is 10.1 Å². The van der Waals surface area contributed by atoms with Crippen LogP contribution in [0, 0.1) is 6.92 Å². The first-order valence-corrected chi connectivity index (χ1v) is 6.74. The first-order chi connectivity index (χ1) is 9.16. The Balaban J connectivity index is 2.33. The molecule has 1 aromatic heterocycles. The van der Waals surface area contributed by atoms with Gasteiger partial charge in [0.15, 0.2) is 5.76 Å². The summed E-state index contributed by atoms with van der Waals surface area (Å²) in [4.78, 5) is 12.3. The van der Waals surface area contributed by atoms with E-state index in [0.29, 0.717) is 21.2 Å². The Morgan fingerprint density at radius 2 is 1.68 bits per heavy atom. The second-order valence-corrected chi connectivity index (χ2v) is 5.23. The Bertz CT molecular complexity index is 801. The third-order valence-corrected chi connectivity index (χ3v) is 3.78. The number of hydrogen-bond donors (Lipinski definition) is 0. The zero-order valence-corrected chi connectivity index (χ0v) is 11.9. The van der Waals surface area contributed by atoms with Gasteiger partial charge in [-0.1, -0.05) is 42.0 Å². The van der Waals surface area contributed by atoms with Crippen molar-refractivity contribution in [3.05, 3.63) is 68.8 Å². The molecule has 0 fully saturated rings. The summed E-state index contributed by atoms with van der Waals surface area (Å²) >= 11 is 3.35. The average Bonchev–Trinajstić information content (AvgIpc) is 2.44. The zero-order chi connectivity index (χ0) is 13.4. The Kier molecular flexibility index (Phi) is 2.99. The van der Waals surface area contributed by atoms with E-state index < -0.39 is 0 Å². The molecule has 19 heavy (non-hydrogen) atoms. The normalized spacial score (nSPS) is 10.8. The van der Waals surface area contributed by atoms with Crippen molar-refractivity contribution in [2.75, 3.05) is 0 Å². The van der Waals surface area contributed by atoms with Gasteiger partial charge in [0.25, 0.3) is 0 Å². The number of halogens is 1. The second kappa shape index (κ2) is 4.67. The van der Waals surface area contributed by atoms with Gasteiger partial charge in [-0.15, -0.1) is 0 Å². The highest BCUT2D eigenvalue weighted by Crippen LogP contribution is 2.29. The fourth-order valence-electron chi connectivity index (χ4n) is 2.01. The highest BCUT2D eigenvalue weighted by atomic mass is 79.9. The lowest BCUT2D eigenvalue weighted by Crippen LogP contribution is -2.03. The van der Waals surface area contributed by atoms with Crippen LogP contribution in [0.25, 0.3) is 22.3 Å². The molecule has 2 aromatic carbocycles. The highest BCUT2D eigenvalue weighted by molar-refractivity contribution is 9.10. The van der Waals surface area contributed by atoms with E-state index in [1.807, 2.05) is 43.3 Å². The number of para-hydroxylation sites is 1. The molecule has 0 aliphatic carbocycles. The summed E-state index contributed by atoms with van der Waals surface area (Å²) in [5.74, 6) is 0.573. The molecule has 0 aliphatic rings. The second-order valence-electron chi connectivity index (χ2n) is 4.44. The number of aryl methyl sites for hydroxylation is 1. The third-order valence-electron chi connectivity index (χ3n) is 3.06. The molecular formula is C16H11BrO2. The van der Waals surface area contributed by atoms with Crippen LogP contribution in [-0.2, 0) is 0 Å². The van der Waals surface area contributed by atoms with Gasteiger partial charge in [-0.25, -0.2) is 0 Å². The summed E-state index contributed by atoms with van der Waals surface area (Å²) < 4.78 is 6.32. The predicted octanol–water partition coefficient (Wildman–Crippen LogP) is 4.53. The lowest BCUT2D eigenvalue weighted by Gasteiger charge is -2.06. The minimum absolute atomic E-state index is 0.0441. The topological polar surface area (TPSA) is 30.2 Å². The number of hydrogen-bond acceptors (Lipinski definition) is 2. The molecule has 3 heteroatoms. The molecule has 0 amide bonds. The molecule has 2 nitrogen and oxygen atoms in total. The molecule has 94 valence electrons. The van der Waals surface area contributed by atoms with Crippen LogP contribution >= 0.6 is 15.9 Å². The van der Waals surface area contributed by atoms with E-state index >= 15 is 0 Å². The maximum absolute atomic E-state index is 12.3. The van der Waals surface area contributed by atoms with Gasteiger partial charge < -0.3 is 4.42 Å². The fourth-order valence-corrected chi connectivity index (χ4v) is 2.53. The Morgan fingerprint density at radius 3 is 2.42 bits per heavy atom. The van der Waals surface area contributed by atoms with Gasteiger partial charge in [0, 0.05) is 5.56 Å². The molecule has 0 aliphatic heterocycles. The molecular weight excluding hydrogens is 304 g/mol. The molecule has 0 saturated heterocycles. The summed E-state index contributed by atoms with van der Waals surface area (Å²) in [6, 6.07) is 15.2. The van der Waals surface area contributed by atoms with Crippen molar-refractivity contribution in [3.8, 4) is 11.3 Å². The fraction of sp³-hybridized carbons (Fsp3) is 0.0625. The molecule has 0 atom stereocenters. The summed E-state index contributed by atoms with van der Waals surface area (Å²) in [5.41, 5.74) is 2.62. The van der Waals surface area contributed by atoms with Gasteiger partial charge in [0.05, 0.1) is 5.39 Å². The van der Waals surface area contributed by atoms with E-state index in [0.717, 1.165) is 5.56 Å². The van der Waals surface area contributed by atoms with E-state index in [-0.39, 0.29) is 5.43 Å². The Morgan fingerprint density at radius 1 is 1.00 bits per heavy atom. The summed E-state index contributed by atoms with van der Waals surface area (Å²) in [5, 5.41) is 0.588. The summed E-state index contributed by atoms with van der Waals surface area (Å²) in [7, 11) is 0. The monoisotopic (exact) mass is 314 g/mol. The van der Waals surface area contributed by atoms with Crippen molar-refractivity contribution in [1.29, 1.82) is 0 Å². The van der Waals surface area contributed by atoms with E-state index in [2.05, 4.69) is 15.9 Å². The zero-order valence-electron chi connectivity index (χ0n) is 10.3. The van der Waals surface area contributed by atoms with Crippen LogP contribution in [0.2, 0.25) is 0 Å². The maximum atomic E-state index is 12.3. The smallest absolute Gasteiger partial charge is 0.207 e. The minimum Gasteiger partial charge on any atom is -0.455 e. The molecule has 0 N–H and O–H groups in total. The maximum Gasteiger partial charge on any atom is 0.207 e. The van der Waals surface area contributed by atoms with E-state index in [4.69, 9.17) is 4.42 Å². The van der Waals surface area contributed by atoms with Crippen molar-refractivity contribution < 1.29 is 4.42 Å². The molecule has 0 radical (unpaired) electrons. The quantitative estimate of drug-likeness (QED) is 0.660. The number of fused-ring (bicyclic) bond motifs is 1. The molecule has 3 rings (SSSR count). The Hall–Kier alpha value is -1.87. The van der Waals surface area contributed by atoms with E-state index in [1.165, 1.54) is 5.56 Å². The predicted molar refractivity (Wildman–Crippen MR) is 80.4 cm³/mol. The first-order valence-electron chi connectivity index (χ1n) is 5.95.